The monoisotopic (exact) mass is 1690 g/mol. The number of halogens is 6. The van der Waals surface area contributed by atoms with Crippen molar-refractivity contribution in [3.05, 3.63) is 284 Å². The summed E-state index contributed by atoms with van der Waals surface area (Å²) in [4.78, 5) is 47.6. The van der Waals surface area contributed by atoms with Crippen LogP contribution in [0.15, 0.2) is 184 Å². The summed E-state index contributed by atoms with van der Waals surface area (Å²) in [5, 5.41) is 77.5. The highest BCUT2D eigenvalue weighted by molar-refractivity contribution is 6.35. The van der Waals surface area contributed by atoms with Gasteiger partial charge in [-0.3, -0.25) is 4.98 Å². The number of carboxylic acid groups (broad SMARTS) is 3. The largest absolute Gasteiger partial charge is 0.489 e. The molecule has 600 valence electrons. The number of aryl methyl sites for hydroxylation is 3. The van der Waals surface area contributed by atoms with Crippen LogP contribution in [0.3, 0.4) is 0 Å². The van der Waals surface area contributed by atoms with Crippen LogP contribution in [-0.4, -0.2) is 113 Å². The van der Waals surface area contributed by atoms with Gasteiger partial charge >= 0.3 is 17.9 Å². The molecule has 0 unspecified atom stereocenters. The van der Waals surface area contributed by atoms with Crippen molar-refractivity contribution in [2.75, 3.05) is 54.0 Å². The second kappa shape index (κ2) is 32.7. The summed E-state index contributed by atoms with van der Waals surface area (Å²) < 4.78 is 35.8. The summed E-state index contributed by atoms with van der Waals surface area (Å²) >= 11 is 39.4. The minimum atomic E-state index is -1.20. The van der Waals surface area contributed by atoms with Gasteiger partial charge in [0.25, 0.3) is 0 Å². The van der Waals surface area contributed by atoms with E-state index in [1.54, 1.807) is 83.9 Å². The van der Waals surface area contributed by atoms with Crippen molar-refractivity contribution in [3.8, 4) is 51.0 Å². The Morgan fingerprint density at radius 1 is 0.410 bits per heavy atom. The van der Waals surface area contributed by atoms with E-state index in [0.29, 0.717) is 124 Å². The fourth-order valence-electron chi connectivity index (χ4n) is 15.2. The van der Waals surface area contributed by atoms with Crippen molar-refractivity contribution in [1.29, 1.82) is 0 Å². The number of β-amino-alcohol motifs (C(OH)–C–C–N with tert-alkyl or cyclic N) is 3. The fourth-order valence-corrected chi connectivity index (χ4v) is 17.2. The molecule has 18 rings (SSSR count). The van der Waals surface area contributed by atoms with Gasteiger partial charge in [-0.1, -0.05) is 146 Å². The zero-order valence-corrected chi connectivity index (χ0v) is 67.7. The Morgan fingerprint density at radius 3 is 1.12 bits per heavy atom. The molecule has 0 radical (unpaired) electrons. The molecule has 7 aromatic carbocycles. The molecule has 8 heterocycles. The van der Waals surface area contributed by atoms with E-state index < -0.39 is 34.7 Å². The average molecular weight is 1700 g/mol. The third kappa shape index (κ3) is 16.7. The van der Waals surface area contributed by atoms with E-state index in [1.165, 1.54) is 30.6 Å². The predicted octanol–water partition coefficient (Wildman–Crippen LogP) is 19.2. The van der Waals surface area contributed by atoms with E-state index in [0.717, 1.165) is 112 Å². The van der Waals surface area contributed by atoms with E-state index in [2.05, 4.69) is 25.4 Å². The summed E-state index contributed by atoms with van der Waals surface area (Å²) in [7, 11) is 0. The molecule has 3 saturated heterocycles. The molecule has 0 bridgehead atoms. The number of pyridine rings is 2. The minimum Gasteiger partial charge on any atom is -0.489 e. The summed E-state index contributed by atoms with van der Waals surface area (Å²) in [6.45, 7) is 8.22. The molecule has 3 aliphatic carbocycles. The maximum Gasteiger partial charge on any atom is 0.337 e. The number of rotatable bonds is 24. The van der Waals surface area contributed by atoms with Crippen molar-refractivity contribution in [2.24, 2.45) is 0 Å². The summed E-state index contributed by atoms with van der Waals surface area (Å²) in [6, 6.07) is 44.0. The predicted molar refractivity (Wildman–Crippen MR) is 442 cm³/mol. The van der Waals surface area contributed by atoms with Crippen LogP contribution in [0.25, 0.3) is 33.8 Å². The van der Waals surface area contributed by atoms with Gasteiger partial charge in [0, 0.05) is 69.2 Å². The second-order valence-electron chi connectivity index (χ2n) is 30.5. The fraction of sp³-hybridized carbons (Fsp3) is 0.273. The van der Waals surface area contributed by atoms with Crippen molar-refractivity contribution in [2.45, 2.75) is 114 Å². The maximum atomic E-state index is 11.3. The van der Waals surface area contributed by atoms with Gasteiger partial charge in [0.2, 0.25) is 0 Å². The van der Waals surface area contributed by atoms with Crippen molar-refractivity contribution >= 4 is 105 Å². The Kier molecular flexibility index (Phi) is 22.4. The third-order valence-electron chi connectivity index (χ3n) is 22.0. The standard InChI is InChI=1S/C30H26Cl2N2O5.2C29H25Cl2N3O5/c1-17-4-2-7-24(31)26(17)27-22(28(39-33-27)18-8-9-18)14-38-21-10-11-23(25(32)13-21)30(37)15-34(16-30)20-6-3-5-19(12-20)29(35)36;1-16-3-2-4-23(30)25(16)26-21(27(39-33-26)17-5-6-17)13-38-20-7-8-22(24(31)10-20)29(37)14-34(15-29)19-9-18(28(35)36)11-32-12-19;1-16-3-2-4-22(30)25(16)26-20(27(39-33-26)17-5-6-17)13-38-19-7-8-21(23(31)12-19)29(37)14-34(15-29)24-11-18(28(35)36)9-10-32-24/h2-7,10-13,18,37H,8-9,14-16H2,1H3,(H,35,36);2*2-4,7-12,17,37H,5-6,13-15H2,1H3,(H,35,36). The smallest absolute Gasteiger partial charge is 0.337 e. The van der Waals surface area contributed by atoms with Crippen LogP contribution >= 0.6 is 69.6 Å². The van der Waals surface area contributed by atoms with Crippen LogP contribution in [0.4, 0.5) is 17.2 Å². The SMILES string of the molecule is Cc1cccc(Cl)c1-c1noc(C2CC2)c1COc1ccc(C2(O)CN(c3cc(C(=O)O)ccn3)C2)c(Cl)c1.Cc1cccc(Cl)c1-c1noc(C2CC2)c1COc1ccc(C2(O)CN(c3cccc(C(=O)O)c3)C2)c(Cl)c1.Cc1cccc(Cl)c1-c1noc(C2CC2)c1COc1ccc(C2(O)CN(c3cncc(C(=O)O)c3)C2)c(Cl)c1. The van der Waals surface area contributed by atoms with E-state index in [-0.39, 0.29) is 62.7 Å². The number of anilines is 3. The van der Waals surface area contributed by atoms with Gasteiger partial charge in [-0.05, 0) is 167 Å². The van der Waals surface area contributed by atoms with Crippen LogP contribution in [-0.2, 0) is 36.6 Å². The van der Waals surface area contributed by atoms with E-state index in [4.69, 9.17) is 97.4 Å². The number of carboxylic acids is 3. The van der Waals surface area contributed by atoms with Crippen LogP contribution in [0.5, 0.6) is 17.2 Å². The number of ether oxygens (including phenoxy) is 3. The van der Waals surface area contributed by atoms with Crippen LogP contribution in [0.2, 0.25) is 30.1 Å². The highest BCUT2D eigenvalue weighted by Crippen LogP contribution is 2.51. The summed E-state index contributed by atoms with van der Waals surface area (Å²) in [5.74, 6) is 2.57. The van der Waals surface area contributed by atoms with Crippen LogP contribution < -0.4 is 28.9 Å². The molecule has 0 atom stereocenters. The first-order valence-electron chi connectivity index (χ1n) is 37.8. The molecule has 3 saturated carbocycles. The van der Waals surface area contributed by atoms with E-state index in [1.807, 2.05) is 91.2 Å². The minimum absolute atomic E-state index is 0.0907. The second-order valence-corrected chi connectivity index (χ2v) is 32.9. The average Bonchev–Trinajstić information content (AvgIpc) is 1.76. The molecule has 23 nitrogen and oxygen atoms in total. The molecule has 6 aliphatic rings. The van der Waals surface area contributed by atoms with Gasteiger partial charge in [0.15, 0.2) is 0 Å². The molecule has 0 spiro atoms. The Labute approximate surface area is 701 Å². The van der Waals surface area contributed by atoms with Crippen LogP contribution in [0, 0.1) is 20.8 Å². The number of nitrogens with zero attached hydrogens (tertiary/aromatic N) is 8. The number of carbonyl (C=O) groups is 3. The van der Waals surface area contributed by atoms with Gasteiger partial charge in [-0.15, -0.1) is 0 Å². The van der Waals surface area contributed by atoms with Gasteiger partial charge in [-0.25, -0.2) is 19.4 Å². The molecule has 6 N–H and O–H groups in total. The zero-order valence-electron chi connectivity index (χ0n) is 63.2. The number of benzene rings is 7. The number of hydrogen-bond donors (Lipinski definition) is 6. The Morgan fingerprint density at radius 2 is 0.761 bits per heavy atom. The Hall–Kier alpha value is -10.7. The lowest BCUT2D eigenvalue weighted by molar-refractivity contribution is 0.00685. The zero-order chi connectivity index (χ0) is 81.9. The van der Waals surface area contributed by atoms with Crippen molar-refractivity contribution < 1.29 is 72.8 Å². The number of aromatic carboxylic acids is 3. The lowest BCUT2D eigenvalue weighted by atomic mass is 9.85. The maximum absolute atomic E-state index is 11.3. The first-order chi connectivity index (χ1) is 56.2. The van der Waals surface area contributed by atoms with Gasteiger partial charge in [0.05, 0.1) is 115 Å². The van der Waals surface area contributed by atoms with Crippen molar-refractivity contribution in [1.82, 2.24) is 25.4 Å². The number of aliphatic hydroxyl groups is 3. The van der Waals surface area contributed by atoms with E-state index in [9.17, 15) is 45.0 Å². The normalized spacial score (nSPS) is 16.2. The molecule has 3 aliphatic heterocycles. The first kappa shape index (κ1) is 80.1. The quantitative estimate of drug-likeness (QED) is 0.0327. The third-order valence-corrected chi connectivity index (χ3v) is 23.9. The molecule has 0 amide bonds. The van der Waals surface area contributed by atoms with E-state index >= 15 is 0 Å². The highest BCUT2D eigenvalue weighted by atomic mass is 35.5. The molecule has 29 heteroatoms. The Balaban J connectivity index is 0.000000131. The molecule has 117 heavy (non-hydrogen) atoms. The van der Waals surface area contributed by atoms with Crippen LogP contribution in [0.1, 0.15) is 155 Å². The van der Waals surface area contributed by atoms with Gasteiger partial charge < -0.3 is 73.1 Å². The summed E-state index contributed by atoms with van der Waals surface area (Å²) in [5.41, 5.74) is 10.2. The van der Waals surface area contributed by atoms with Crippen molar-refractivity contribution in [3.63, 3.8) is 0 Å². The highest BCUT2D eigenvalue weighted by Gasteiger charge is 2.48. The van der Waals surface area contributed by atoms with Gasteiger partial charge in [0.1, 0.15) is 94.1 Å². The molecule has 12 aromatic rings. The topological polar surface area (TPSA) is 314 Å². The molecule has 6 fully saturated rings. The molecule has 5 aromatic heterocycles. The molecular weight excluding hydrogens is 1620 g/mol. The van der Waals surface area contributed by atoms with Gasteiger partial charge in [-0.2, -0.15) is 0 Å². The lowest BCUT2D eigenvalue weighted by Gasteiger charge is -2.48. The Bertz CT molecular complexity index is 5230. The lowest BCUT2D eigenvalue weighted by Crippen LogP contribution is -2.60. The number of aromatic nitrogens is 5. The summed E-state index contributed by atoms with van der Waals surface area (Å²) in [6.07, 6.45) is 10.6. The first-order valence-corrected chi connectivity index (χ1v) is 40.1. The number of hydrogen-bond acceptors (Lipinski definition) is 20. The molecular formula is C88H76Cl6N8O15.